The second kappa shape index (κ2) is 7.42. The maximum atomic E-state index is 5.15. The molecule has 2 aromatic rings. The number of rotatable bonds is 5. The summed E-state index contributed by atoms with van der Waals surface area (Å²) in [6.45, 7) is 5.31. The lowest BCUT2D eigenvalue weighted by atomic mass is 10.1. The molecule has 6 nitrogen and oxygen atoms in total. The molecule has 0 bridgehead atoms. The average Bonchev–Trinajstić information content (AvgIpc) is 2.83. The van der Waals surface area contributed by atoms with Crippen LogP contribution < -0.4 is 10.6 Å². The van der Waals surface area contributed by atoms with Gasteiger partial charge in [-0.3, -0.25) is 9.98 Å². The van der Waals surface area contributed by atoms with Gasteiger partial charge in [0.15, 0.2) is 5.96 Å². The van der Waals surface area contributed by atoms with Crippen LogP contribution in [0.3, 0.4) is 0 Å². The summed E-state index contributed by atoms with van der Waals surface area (Å²) in [6.07, 6.45) is 2.64. The first kappa shape index (κ1) is 15.0. The average molecular weight is 287 g/mol. The zero-order valence-corrected chi connectivity index (χ0v) is 12.7. The van der Waals surface area contributed by atoms with Crippen LogP contribution in [0, 0.1) is 13.8 Å². The maximum absolute atomic E-state index is 5.15. The Morgan fingerprint density at radius 1 is 1.29 bits per heavy atom. The Hall–Kier alpha value is -2.37. The summed E-state index contributed by atoms with van der Waals surface area (Å²) in [5.41, 5.74) is 3.08. The van der Waals surface area contributed by atoms with Crippen LogP contribution in [0.25, 0.3) is 0 Å². The van der Waals surface area contributed by atoms with E-state index in [0.717, 1.165) is 41.6 Å². The third-order valence-electron chi connectivity index (χ3n) is 3.24. The van der Waals surface area contributed by atoms with Crippen LogP contribution in [0.15, 0.2) is 33.9 Å². The Bertz CT molecular complexity index is 572. The van der Waals surface area contributed by atoms with E-state index < -0.39 is 0 Å². The van der Waals surface area contributed by atoms with Crippen LogP contribution in [-0.4, -0.2) is 29.7 Å². The molecule has 0 saturated heterocycles. The molecule has 0 amide bonds. The summed E-state index contributed by atoms with van der Waals surface area (Å²) < 4.78 is 5.15. The summed E-state index contributed by atoms with van der Waals surface area (Å²) in [5.74, 6) is 1.64. The Morgan fingerprint density at radius 3 is 2.76 bits per heavy atom. The molecule has 2 rings (SSSR count). The lowest BCUT2D eigenvalue weighted by Gasteiger charge is -2.11. The number of aliphatic imine (C=N–C) groups is 1. The highest BCUT2D eigenvalue weighted by Crippen LogP contribution is 2.11. The zero-order valence-electron chi connectivity index (χ0n) is 12.7. The summed E-state index contributed by atoms with van der Waals surface area (Å²) in [4.78, 5) is 8.46. The van der Waals surface area contributed by atoms with E-state index in [-0.39, 0.29) is 0 Å². The molecular weight excluding hydrogens is 266 g/mol. The Labute approximate surface area is 124 Å². The summed E-state index contributed by atoms with van der Waals surface area (Å²) in [6, 6.07) is 5.85. The molecular formula is C15H21N5O. The van der Waals surface area contributed by atoms with E-state index in [0.29, 0.717) is 6.54 Å². The predicted octanol–water partition coefficient (Wildman–Crippen LogP) is 1.59. The molecule has 0 aliphatic carbocycles. The SMILES string of the molecule is CN=C(NCCc1c(C)noc1C)NCc1ccccn1. The van der Waals surface area contributed by atoms with Crippen LogP contribution in [-0.2, 0) is 13.0 Å². The van der Waals surface area contributed by atoms with Crippen molar-refractivity contribution in [3.8, 4) is 0 Å². The first-order chi connectivity index (χ1) is 10.2. The molecule has 2 heterocycles. The quantitative estimate of drug-likeness (QED) is 0.645. The zero-order chi connectivity index (χ0) is 15.1. The van der Waals surface area contributed by atoms with Crippen LogP contribution >= 0.6 is 0 Å². The smallest absolute Gasteiger partial charge is 0.191 e. The molecule has 112 valence electrons. The van der Waals surface area contributed by atoms with Crippen LogP contribution in [0.1, 0.15) is 22.7 Å². The molecule has 2 N–H and O–H groups in total. The molecule has 21 heavy (non-hydrogen) atoms. The Balaban J connectivity index is 1.78. The van der Waals surface area contributed by atoms with Crippen LogP contribution in [0.5, 0.6) is 0 Å². The number of aromatic nitrogens is 2. The third-order valence-corrected chi connectivity index (χ3v) is 3.24. The predicted molar refractivity (Wildman–Crippen MR) is 82.1 cm³/mol. The third kappa shape index (κ3) is 4.30. The number of hydrogen-bond donors (Lipinski definition) is 2. The van der Waals surface area contributed by atoms with Crippen molar-refractivity contribution in [2.45, 2.75) is 26.8 Å². The van der Waals surface area contributed by atoms with E-state index in [4.69, 9.17) is 4.52 Å². The summed E-state index contributed by atoms with van der Waals surface area (Å²) >= 11 is 0. The summed E-state index contributed by atoms with van der Waals surface area (Å²) in [5, 5.41) is 10.5. The molecule has 0 unspecified atom stereocenters. The van der Waals surface area contributed by atoms with Gasteiger partial charge in [-0.2, -0.15) is 0 Å². The van der Waals surface area contributed by atoms with Crippen molar-refractivity contribution in [1.29, 1.82) is 0 Å². The molecule has 0 atom stereocenters. The Morgan fingerprint density at radius 2 is 2.14 bits per heavy atom. The van der Waals surface area contributed by atoms with E-state index >= 15 is 0 Å². The van der Waals surface area contributed by atoms with E-state index in [1.165, 1.54) is 0 Å². The molecule has 0 aliphatic heterocycles. The standard InChI is InChI=1S/C15H21N5O/c1-11-14(12(2)21-20-11)7-9-18-15(16-3)19-10-13-6-4-5-8-17-13/h4-6,8H,7,9-10H2,1-3H3,(H2,16,18,19). The minimum Gasteiger partial charge on any atom is -0.361 e. The minimum absolute atomic E-state index is 0.645. The second-order valence-corrected chi connectivity index (χ2v) is 4.73. The monoisotopic (exact) mass is 287 g/mol. The Kier molecular flexibility index (Phi) is 5.31. The van der Waals surface area contributed by atoms with Gasteiger partial charge in [0.2, 0.25) is 0 Å². The topological polar surface area (TPSA) is 75.3 Å². The fourth-order valence-electron chi connectivity index (χ4n) is 2.06. The number of guanidine groups is 1. The van der Waals surface area contributed by atoms with Gasteiger partial charge < -0.3 is 15.2 Å². The van der Waals surface area contributed by atoms with Gasteiger partial charge in [-0.25, -0.2) is 0 Å². The molecule has 0 fully saturated rings. The second-order valence-electron chi connectivity index (χ2n) is 4.73. The molecule has 0 saturated carbocycles. The van der Waals surface area contributed by atoms with Crippen molar-refractivity contribution in [2.75, 3.05) is 13.6 Å². The molecule has 0 spiro atoms. The van der Waals surface area contributed by atoms with Crippen molar-refractivity contribution in [3.05, 3.63) is 47.1 Å². The van der Waals surface area contributed by atoms with Gasteiger partial charge in [0, 0.05) is 25.4 Å². The maximum Gasteiger partial charge on any atom is 0.191 e. The molecule has 0 aromatic carbocycles. The van der Waals surface area contributed by atoms with E-state index in [2.05, 4.69) is 25.8 Å². The van der Waals surface area contributed by atoms with Crippen molar-refractivity contribution >= 4 is 5.96 Å². The molecule has 2 aromatic heterocycles. The van der Waals surface area contributed by atoms with E-state index in [9.17, 15) is 0 Å². The number of aryl methyl sites for hydroxylation is 2. The van der Waals surface area contributed by atoms with Crippen LogP contribution in [0.2, 0.25) is 0 Å². The number of nitrogens with one attached hydrogen (secondary N) is 2. The van der Waals surface area contributed by atoms with Gasteiger partial charge in [0.05, 0.1) is 17.9 Å². The first-order valence-corrected chi connectivity index (χ1v) is 6.97. The molecule has 0 radical (unpaired) electrons. The number of nitrogens with zero attached hydrogens (tertiary/aromatic N) is 3. The number of hydrogen-bond acceptors (Lipinski definition) is 4. The van der Waals surface area contributed by atoms with Crippen molar-refractivity contribution in [2.24, 2.45) is 4.99 Å². The fourth-order valence-corrected chi connectivity index (χ4v) is 2.06. The van der Waals surface area contributed by atoms with Gasteiger partial charge in [-0.05, 0) is 32.4 Å². The normalized spacial score (nSPS) is 11.5. The lowest BCUT2D eigenvalue weighted by Crippen LogP contribution is -2.38. The van der Waals surface area contributed by atoms with Crippen molar-refractivity contribution in [1.82, 2.24) is 20.8 Å². The summed E-state index contributed by atoms with van der Waals surface area (Å²) in [7, 11) is 1.75. The lowest BCUT2D eigenvalue weighted by molar-refractivity contribution is 0.392. The van der Waals surface area contributed by atoms with Crippen LogP contribution in [0.4, 0.5) is 0 Å². The van der Waals surface area contributed by atoms with E-state index in [1.807, 2.05) is 32.0 Å². The highest BCUT2D eigenvalue weighted by Gasteiger charge is 2.08. The highest BCUT2D eigenvalue weighted by atomic mass is 16.5. The van der Waals surface area contributed by atoms with Gasteiger partial charge >= 0.3 is 0 Å². The van der Waals surface area contributed by atoms with Gasteiger partial charge in [-0.1, -0.05) is 11.2 Å². The van der Waals surface area contributed by atoms with E-state index in [1.54, 1.807) is 13.2 Å². The molecule has 0 aliphatic rings. The fraction of sp³-hybridized carbons (Fsp3) is 0.400. The largest absolute Gasteiger partial charge is 0.361 e. The van der Waals surface area contributed by atoms with Gasteiger partial charge in [0.25, 0.3) is 0 Å². The minimum atomic E-state index is 0.645. The number of pyridine rings is 1. The van der Waals surface area contributed by atoms with Crippen molar-refractivity contribution < 1.29 is 4.52 Å². The van der Waals surface area contributed by atoms with Crippen molar-refractivity contribution in [3.63, 3.8) is 0 Å². The molecule has 6 heteroatoms. The first-order valence-electron chi connectivity index (χ1n) is 6.97. The van der Waals surface area contributed by atoms with Gasteiger partial charge in [-0.15, -0.1) is 0 Å². The highest BCUT2D eigenvalue weighted by molar-refractivity contribution is 5.79. The van der Waals surface area contributed by atoms with Gasteiger partial charge in [0.1, 0.15) is 5.76 Å².